The summed E-state index contributed by atoms with van der Waals surface area (Å²) >= 11 is 13.7. The van der Waals surface area contributed by atoms with Crippen molar-refractivity contribution in [2.24, 2.45) is 0 Å². The van der Waals surface area contributed by atoms with Gasteiger partial charge in [-0.1, -0.05) is 35.3 Å². The Morgan fingerprint density at radius 3 is 2.54 bits per heavy atom. The molecule has 0 aliphatic carbocycles. The number of anilines is 1. The second-order valence-electron chi connectivity index (χ2n) is 12.3. The first-order chi connectivity index (χ1) is 20.0. The predicted octanol–water partition coefficient (Wildman–Crippen LogP) is 6.41. The van der Waals surface area contributed by atoms with E-state index in [0.717, 1.165) is 53.7 Å². The maximum atomic E-state index is 10.6. The van der Waals surface area contributed by atoms with Gasteiger partial charge < -0.3 is 20.1 Å². The summed E-state index contributed by atoms with van der Waals surface area (Å²) in [5.74, 6) is 1.62. The monoisotopic (exact) mass is 589 g/mol. The standard InChI is InChI=1S/C32H33Cl2N5O2/c33-25-5-1-4-19-12-22(40)13-24(29(19)25)30-26(34)14-23-27(36-30)15-28(41-18-32-8-2-10-39(32)11-3-9-32)37-31(23)38-16-20-6-7-21(17-38)35-20/h1,4-5,12-15,20-21,35,40H,2-3,6-11,16-18H2. The average molecular weight is 591 g/mol. The van der Waals surface area contributed by atoms with Crippen molar-refractivity contribution in [3.05, 3.63) is 52.5 Å². The molecule has 212 valence electrons. The molecular formula is C32H33Cl2N5O2. The van der Waals surface area contributed by atoms with E-state index in [0.29, 0.717) is 45.9 Å². The number of nitrogens with zero attached hydrogens (tertiary/aromatic N) is 4. The number of rotatable bonds is 5. The molecule has 8 rings (SSSR count). The van der Waals surface area contributed by atoms with Gasteiger partial charge in [-0.3, -0.25) is 4.90 Å². The van der Waals surface area contributed by atoms with Gasteiger partial charge in [0.1, 0.15) is 18.2 Å². The average Bonchev–Trinajstić information content (AvgIpc) is 3.64. The van der Waals surface area contributed by atoms with Gasteiger partial charge in [0.15, 0.2) is 0 Å². The molecule has 4 fully saturated rings. The van der Waals surface area contributed by atoms with Crippen LogP contribution in [0.2, 0.25) is 10.0 Å². The van der Waals surface area contributed by atoms with Crippen LogP contribution in [0.3, 0.4) is 0 Å². The second-order valence-corrected chi connectivity index (χ2v) is 13.1. The van der Waals surface area contributed by atoms with Gasteiger partial charge in [-0.25, -0.2) is 4.98 Å². The zero-order chi connectivity index (χ0) is 27.7. The molecule has 2 unspecified atom stereocenters. The molecule has 4 aliphatic heterocycles. The van der Waals surface area contributed by atoms with Crippen molar-refractivity contribution in [3.63, 3.8) is 0 Å². The molecule has 4 saturated heterocycles. The number of aromatic hydroxyl groups is 1. The third-order valence-corrected chi connectivity index (χ3v) is 10.3. The normalized spacial score (nSPS) is 23.5. The molecule has 0 saturated carbocycles. The van der Waals surface area contributed by atoms with Crippen molar-refractivity contribution in [1.29, 1.82) is 0 Å². The first-order valence-electron chi connectivity index (χ1n) is 14.8. The molecule has 41 heavy (non-hydrogen) atoms. The van der Waals surface area contributed by atoms with E-state index in [2.05, 4.69) is 15.1 Å². The predicted molar refractivity (Wildman–Crippen MR) is 165 cm³/mol. The summed E-state index contributed by atoms with van der Waals surface area (Å²) in [6.45, 7) is 4.75. The van der Waals surface area contributed by atoms with Crippen LogP contribution in [0, 0.1) is 0 Å². The number of hydrogen-bond acceptors (Lipinski definition) is 7. The summed E-state index contributed by atoms with van der Waals surface area (Å²) in [5, 5.41) is 17.9. The highest BCUT2D eigenvalue weighted by molar-refractivity contribution is 6.38. The topological polar surface area (TPSA) is 73.8 Å². The molecule has 2 atom stereocenters. The highest BCUT2D eigenvalue weighted by Crippen LogP contribution is 2.43. The van der Waals surface area contributed by atoms with Crippen molar-refractivity contribution < 1.29 is 9.84 Å². The summed E-state index contributed by atoms with van der Waals surface area (Å²) in [5.41, 5.74) is 2.17. The molecule has 4 aliphatic rings. The lowest BCUT2D eigenvalue weighted by Gasteiger charge is -2.35. The Kier molecular flexibility index (Phi) is 6.22. The Hall–Kier alpha value is -2.84. The fraction of sp³-hybridized carbons (Fsp3) is 0.438. The molecule has 0 radical (unpaired) electrons. The van der Waals surface area contributed by atoms with Crippen LogP contribution >= 0.6 is 23.2 Å². The van der Waals surface area contributed by atoms with Crippen molar-refractivity contribution in [2.45, 2.75) is 56.1 Å². The maximum absolute atomic E-state index is 10.6. The molecule has 0 spiro atoms. The van der Waals surface area contributed by atoms with E-state index in [1.165, 1.54) is 38.5 Å². The smallest absolute Gasteiger partial charge is 0.217 e. The van der Waals surface area contributed by atoms with Crippen LogP contribution in [0.4, 0.5) is 5.82 Å². The molecule has 9 heteroatoms. The number of halogens is 2. The number of piperazine rings is 1. The van der Waals surface area contributed by atoms with Gasteiger partial charge in [0.25, 0.3) is 0 Å². The highest BCUT2D eigenvalue weighted by atomic mass is 35.5. The van der Waals surface area contributed by atoms with E-state index in [4.69, 9.17) is 37.9 Å². The van der Waals surface area contributed by atoms with Gasteiger partial charge in [-0.2, -0.15) is 4.98 Å². The van der Waals surface area contributed by atoms with Crippen LogP contribution in [-0.2, 0) is 0 Å². The van der Waals surface area contributed by atoms with E-state index < -0.39 is 0 Å². The number of fused-ring (bicyclic) bond motifs is 5. The Morgan fingerprint density at radius 2 is 1.76 bits per heavy atom. The van der Waals surface area contributed by atoms with E-state index in [1.807, 2.05) is 30.3 Å². The van der Waals surface area contributed by atoms with Crippen molar-refractivity contribution in [1.82, 2.24) is 20.2 Å². The number of pyridine rings is 2. The molecule has 2 bridgehead atoms. The van der Waals surface area contributed by atoms with E-state index in [-0.39, 0.29) is 11.3 Å². The molecule has 2 N–H and O–H groups in total. The molecule has 0 amide bonds. The number of hydrogen-bond donors (Lipinski definition) is 2. The summed E-state index contributed by atoms with van der Waals surface area (Å²) in [7, 11) is 0. The first kappa shape index (κ1) is 25.8. The van der Waals surface area contributed by atoms with Gasteiger partial charge >= 0.3 is 0 Å². The van der Waals surface area contributed by atoms with Crippen LogP contribution in [0.25, 0.3) is 32.9 Å². The Bertz CT molecular complexity index is 1660. The SMILES string of the molecule is Oc1cc(-c2nc3cc(OCC45CCCN4CCC5)nc(N4CC5CCC(C4)N5)c3cc2Cl)c2c(Cl)cccc2c1. The van der Waals surface area contributed by atoms with Crippen molar-refractivity contribution >= 4 is 50.7 Å². The molecular weight excluding hydrogens is 557 g/mol. The third-order valence-electron chi connectivity index (χ3n) is 9.70. The van der Waals surface area contributed by atoms with Gasteiger partial charge in [-0.15, -0.1) is 0 Å². The summed E-state index contributed by atoms with van der Waals surface area (Å²) in [6, 6.07) is 13.9. The zero-order valence-electron chi connectivity index (χ0n) is 22.9. The second kappa shape index (κ2) is 9.87. The number of benzene rings is 2. The third kappa shape index (κ3) is 4.40. The van der Waals surface area contributed by atoms with Crippen molar-refractivity contribution in [2.75, 3.05) is 37.7 Å². The minimum absolute atomic E-state index is 0.126. The largest absolute Gasteiger partial charge is 0.508 e. The first-order valence-corrected chi connectivity index (χ1v) is 15.5. The van der Waals surface area contributed by atoms with Crippen LogP contribution in [0.5, 0.6) is 11.6 Å². The number of phenolic OH excluding ortho intramolecular Hbond substituents is 1. The van der Waals surface area contributed by atoms with Gasteiger partial charge in [-0.05, 0) is 81.3 Å². The molecule has 7 nitrogen and oxygen atoms in total. The van der Waals surface area contributed by atoms with Crippen molar-refractivity contribution in [3.8, 4) is 22.9 Å². The number of nitrogens with one attached hydrogen (secondary N) is 1. The fourth-order valence-electron chi connectivity index (χ4n) is 7.80. The summed E-state index contributed by atoms with van der Waals surface area (Å²) < 4.78 is 6.56. The Morgan fingerprint density at radius 1 is 0.976 bits per heavy atom. The van der Waals surface area contributed by atoms with E-state index in [9.17, 15) is 5.11 Å². The lowest BCUT2D eigenvalue weighted by Crippen LogP contribution is -2.51. The summed E-state index contributed by atoms with van der Waals surface area (Å²) in [4.78, 5) is 15.2. The van der Waals surface area contributed by atoms with Crippen LogP contribution in [0.1, 0.15) is 38.5 Å². The fourth-order valence-corrected chi connectivity index (χ4v) is 8.34. The molecule has 2 aromatic heterocycles. The van der Waals surface area contributed by atoms with Gasteiger partial charge in [0, 0.05) is 52.6 Å². The number of phenols is 1. The van der Waals surface area contributed by atoms with Crippen LogP contribution in [-0.4, -0.2) is 70.4 Å². The lowest BCUT2D eigenvalue weighted by atomic mass is 9.95. The Labute approximate surface area is 249 Å². The van der Waals surface area contributed by atoms with Gasteiger partial charge in [0.05, 0.1) is 21.8 Å². The highest BCUT2D eigenvalue weighted by Gasteiger charge is 2.45. The minimum atomic E-state index is 0.126. The molecule has 4 aromatic rings. The van der Waals surface area contributed by atoms with Gasteiger partial charge in [0.2, 0.25) is 5.88 Å². The van der Waals surface area contributed by atoms with Crippen LogP contribution in [0.15, 0.2) is 42.5 Å². The molecule has 6 heterocycles. The molecule has 2 aromatic carbocycles. The van der Waals surface area contributed by atoms with Crippen LogP contribution < -0.4 is 15.0 Å². The Balaban J connectivity index is 1.26. The minimum Gasteiger partial charge on any atom is -0.508 e. The zero-order valence-corrected chi connectivity index (χ0v) is 24.4. The maximum Gasteiger partial charge on any atom is 0.217 e. The summed E-state index contributed by atoms with van der Waals surface area (Å²) in [6.07, 6.45) is 7.18. The van der Waals surface area contributed by atoms with E-state index >= 15 is 0 Å². The lowest BCUT2D eigenvalue weighted by molar-refractivity contribution is 0.111. The quantitative estimate of drug-likeness (QED) is 0.278. The number of aromatic nitrogens is 2. The van der Waals surface area contributed by atoms with E-state index in [1.54, 1.807) is 12.1 Å². The number of ether oxygens (including phenoxy) is 1.